The molecular formula is C12H10Cl2N2O2S. The summed E-state index contributed by atoms with van der Waals surface area (Å²) in [4.78, 5) is 16.0. The third kappa shape index (κ3) is 3.37. The van der Waals surface area contributed by atoms with Gasteiger partial charge in [0.1, 0.15) is 11.6 Å². The summed E-state index contributed by atoms with van der Waals surface area (Å²) in [7, 11) is 0. The molecule has 100 valence electrons. The Hall–Kier alpha value is -1.30. The van der Waals surface area contributed by atoms with Gasteiger partial charge in [0.2, 0.25) is 0 Å². The van der Waals surface area contributed by atoms with E-state index in [-0.39, 0.29) is 27.9 Å². The molecule has 1 heterocycles. The molecule has 2 N–H and O–H groups in total. The fourth-order valence-corrected chi connectivity index (χ4v) is 2.43. The van der Waals surface area contributed by atoms with Crippen molar-refractivity contribution >= 4 is 46.2 Å². The van der Waals surface area contributed by atoms with Crippen LogP contribution in [0.5, 0.6) is 0 Å². The standard InChI is InChI=1S/C12H10Cl2N2O2S/c1-6-5-19-10(16-6)4-18-12(17)7-2-8(13)11(14)9(15)3-7/h2-3,5H,4,15H2,1H3. The topological polar surface area (TPSA) is 65.2 Å². The number of nitrogens with two attached hydrogens (primary N) is 1. The van der Waals surface area contributed by atoms with Gasteiger partial charge in [-0.2, -0.15) is 0 Å². The van der Waals surface area contributed by atoms with Crippen LogP contribution in [0.15, 0.2) is 17.5 Å². The molecular weight excluding hydrogens is 307 g/mol. The van der Waals surface area contributed by atoms with Crippen LogP contribution < -0.4 is 5.73 Å². The maximum Gasteiger partial charge on any atom is 0.338 e. The maximum absolute atomic E-state index is 11.8. The third-order valence-corrected chi connectivity index (χ3v) is 4.04. The molecule has 0 aliphatic carbocycles. The van der Waals surface area contributed by atoms with E-state index in [1.807, 2.05) is 12.3 Å². The molecule has 0 aliphatic heterocycles. The van der Waals surface area contributed by atoms with Crippen molar-refractivity contribution in [2.75, 3.05) is 5.73 Å². The molecule has 2 rings (SSSR count). The molecule has 0 saturated heterocycles. The van der Waals surface area contributed by atoms with Crippen LogP contribution in [0.3, 0.4) is 0 Å². The zero-order valence-electron chi connectivity index (χ0n) is 9.94. The quantitative estimate of drug-likeness (QED) is 0.692. The zero-order valence-corrected chi connectivity index (χ0v) is 12.3. The highest BCUT2D eigenvalue weighted by Crippen LogP contribution is 2.29. The third-order valence-electron chi connectivity index (χ3n) is 2.29. The van der Waals surface area contributed by atoms with Gasteiger partial charge in [-0.1, -0.05) is 23.2 Å². The summed E-state index contributed by atoms with van der Waals surface area (Å²) in [6, 6.07) is 2.86. The summed E-state index contributed by atoms with van der Waals surface area (Å²) in [5, 5.41) is 3.08. The van der Waals surface area contributed by atoms with E-state index in [0.717, 1.165) is 10.7 Å². The Kier molecular flexibility index (Phi) is 4.29. The van der Waals surface area contributed by atoms with E-state index in [4.69, 9.17) is 33.7 Å². The molecule has 2 aromatic rings. The average Bonchev–Trinajstić information content (AvgIpc) is 2.78. The van der Waals surface area contributed by atoms with Crippen molar-refractivity contribution in [3.8, 4) is 0 Å². The van der Waals surface area contributed by atoms with Crippen LogP contribution in [-0.4, -0.2) is 11.0 Å². The normalized spacial score (nSPS) is 10.5. The second kappa shape index (κ2) is 5.77. The number of halogens is 2. The molecule has 0 spiro atoms. The van der Waals surface area contributed by atoms with Crippen molar-refractivity contribution in [1.82, 2.24) is 4.98 Å². The lowest BCUT2D eigenvalue weighted by molar-refractivity contribution is 0.0472. The van der Waals surface area contributed by atoms with Gasteiger partial charge in [-0.15, -0.1) is 11.3 Å². The van der Waals surface area contributed by atoms with E-state index in [1.54, 1.807) is 0 Å². The van der Waals surface area contributed by atoms with Crippen molar-refractivity contribution in [1.29, 1.82) is 0 Å². The first kappa shape index (κ1) is 14.1. The number of ether oxygens (including phenoxy) is 1. The SMILES string of the molecule is Cc1csc(COC(=O)c2cc(N)c(Cl)c(Cl)c2)n1. The number of nitrogens with zero attached hydrogens (tertiary/aromatic N) is 1. The Labute approximate surface area is 124 Å². The minimum Gasteiger partial charge on any atom is -0.455 e. The second-order valence-corrected chi connectivity index (χ2v) is 5.55. The minimum atomic E-state index is -0.516. The first-order valence-electron chi connectivity index (χ1n) is 5.30. The van der Waals surface area contributed by atoms with Gasteiger partial charge in [0.15, 0.2) is 0 Å². The zero-order chi connectivity index (χ0) is 14.0. The minimum absolute atomic E-state index is 0.123. The van der Waals surface area contributed by atoms with Crippen molar-refractivity contribution in [2.45, 2.75) is 13.5 Å². The largest absolute Gasteiger partial charge is 0.455 e. The summed E-state index contributed by atoms with van der Waals surface area (Å²) < 4.78 is 5.13. The molecule has 0 radical (unpaired) electrons. The van der Waals surface area contributed by atoms with E-state index < -0.39 is 5.97 Å². The van der Waals surface area contributed by atoms with Gasteiger partial charge in [-0.05, 0) is 19.1 Å². The van der Waals surface area contributed by atoms with Crippen molar-refractivity contribution in [3.05, 3.63) is 43.8 Å². The number of esters is 1. The number of carbonyl (C=O) groups is 1. The van der Waals surface area contributed by atoms with Crippen LogP contribution in [0.2, 0.25) is 10.0 Å². The van der Waals surface area contributed by atoms with Gasteiger partial charge in [0.25, 0.3) is 0 Å². The van der Waals surface area contributed by atoms with Crippen LogP contribution >= 0.6 is 34.5 Å². The van der Waals surface area contributed by atoms with Crippen molar-refractivity contribution in [2.24, 2.45) is 0 Å². The van der Waals surface area contributed by atoms with E-state index in [1.165, 1.54) is 23.5 Å². The van der Waals surface area contributed by atoms with Gasteiger partial charge in [-0.25, -0.2) is 9.78 Å². The number of carbonyl (C=O) groups excluding carboxylic acids is 1. The molecule has 4 nitrogen and oxygen atoms in total. The molecule has 19 heavy (non-hydrogen) atoms. The summed E-state index contributed by atoms with van der Waals surface area (Å²) in [5.41, 5.74) is 7.04. The number of thiazole rings is 1. The van der Waals surface area contributed by atoms with Crippen molar-refractivity contribution in [3.63, 3.8) is 0 Å². The number of aryl methyl sites for hydroxylation is 1. The monoisotopic (exact) mass is 316 g/mol. The summed E-state index contributed by atoms with van der Waals surface area (Å²) in [6.45, 7) is 2.00. The Morgan fingerprint density at radius 3 is 2.79 bits per heavy atom. The molecule has 1 aromatic heterocycles. The van der Waals surface area contributed by atoms with E-state index >= 15 is 0 Å². The predicted octanol–water partition coefficient (Wildman–Crippen LogP) is 3.70. The average molecular weight is 317 g/mol. The number of aromatic nitrogens is 1. The lowest BCUT2D eigenvalue weighted by Gasteiger charge is -2.06. The molecule has 0 unspecified atom stereocenters. The molecule has 1 aromatic carbocycles. The Bertz CT molecular complexity index is 605. The van der Waals surface area contributed by atoms with E-state index in [9.17, 15) is 4.79 Å². The predicted molar refractivity (Wildman–Crippen MR) is 76.8 cm³/mol. The Morgan fingerprint density at radius 2 is 2.21 bits per heavy atom. The van der Waals surface area contributed by atoms with Gasteiger partial charge in [0.05, 0.1) is 21.3 Å². The summed E-state index contributed by atoms with van der Waals surface area (Å²) >= 11 is 13.1. The van der Waals surface area contributed by atoms with E-state index in [0.29, 0.717) is 0 Å². The number of nitrogen functional groups attached to an aromatic ring is 1. The Balaban J connectivity index is 2.08. The smallest absolute Gasteiger partial charge is 0.338 e. The molecule has 0 bridgehead atoms. The van der Waals surface area contributed by atoms with Crippen LogP contribution in [0.1, 0.15) is 21.1 Å². The maximum atomic E-state index is 11.8. The number of benzene rings is 1. The lowest BCUT2D eigenvalue weighted by Crippen LogP contribution is -2.06. The number of anilines is 1. The first-order chi connectivity index (χ1) is 8.97. The number of hydrogen-bond acceptors (Lipinski definition) is 5. The molecule has 0 saturated carbocycles. The van der Waals surface area contributed by atoms with Crippen LogP contribution in [-0.2, 0) is 11.3 Å². The Morgan fingerprint density at radius 1 is 1.47 bits per heavy atom. The van der Waals surface area contributed by atoms with Crippen LogP contribution in [0.4, 0.5) is 5.69 Å². The summed E-state index contributed by atoms with van der Waals surface area (Å²) in [6.07, 6.45) is 0. The molecule has 0 aliphatic rings. The highest BCUT2D eigenvalue weighted by atomic mass is 35.5. The first-order valence-corrected chi connectivity index (χ1v) is 6.93. The fourth-order valence-electron chi connectivity index (χ4n) is 1.41. The number of rotatable bonds is 3. The van der Waals surface area contributed by atoms with Gasteiger partial charge >= 0.3 is 5.97 Å². The van der Waals surface area contributed by atoms with Crippen molar-refractivity contribution < 1.29 is 9.53 Å². The highest BCUT2D eigenvalue weighted by molar-refractivity contribution is 7.09. The summed E-state index contributed by atoms with van der Waals surface area (Å²) in [5.74, 6) is -0.516. The fraction of sp³-hybridized carbons (Fsp3) is 0.167. The molecule has 0 fully saturated rings. The number of hydrogen-bond donors (Lipinski definition) is 1. The van der Waals surface area contributed by atoms with Gasteiger partial charge in [-0.3, -0.25) is 0 Å². The lowest BCUT2D eigenvalue weighted by atomic mass is 10.2. The second-order valence-electron chi connectivity index (χ2n) is 3.82. The van der Waals surface area contributed by atoms with Crippen LogP contribution in [0.25, 0.3) is 0 Å². The molecule has 7 heteroatoms. The van der Waals surface area contributed by atoms with Gasteiger partial charge < -0.3 is 10.5 Å². The van der Waals surface area contributed by atoms with E-state index in [2.05, 4.69) is 4.98 Å². The van der Waals surface area contributed by atoms with Gasteiger partial charge in [0, 0.05) is 11.1 Å². The molecule has 0 amide bonds. The van der Waals surface area contributed by atoms with Crippen LogP contribution in [0, 0.1) is 6.92 Å². The molecule has 0 atom stereocenters. The highest BCUT2D eigenvalue weighted by Gasteiger charge is 2.13.